The molecule has 0 bridgehead atoms. The summed E-state index contributed by atoms with van der Waals surface area (Å²) in [4.78, 5) is 0. The van der Waals surface area contributed by atoms with Crippen LogP contribution < -0.4 is 14.8 Å². The van der Waals surface area contributed by atoms with Crippen molar-refractivity contribution in [3.8, 4) is 11.5 Å². The Bertz CT molecular complexity index is 826. The Kier molecular flexibility index (Phi) is 5.52. The van der Waals surface area contributed by atoms with E-state index in [2.05, 4.69) is 24.4 Å². The molecule has 0 radical (unpaired) electrons. The minimum Gasteiger partial charge on any atom is -0.497 e. The first kappa shape index (κ1) is 17.9. The predicted octanol–water partition coefficient (Wildman–Crippen LogP) is 4.70. The van der Waals surface area contributed by atoms with Gasteiger partial charge < -0.3 is 19.5 Å². The van der Waals surface area contributed by atoms with Crippen LogP contribution in [0.25, 0.3) is 5.76 Å². The van der Waals surface area contributed by atoms with E-state index < -0.39 is 0 Å². The molecule has 0 saturated heterocycles. The van der Waals surface area contributed by atoms with Gasteiger partial charge in [0.1, 0.15) is 23.4 Å². The van der Waals surface area contributed by atoms with E-state index in [4.69, 9.17) is 14.2 Å². The maximum Gasteiger partial charge on any atom is 0.129 e. The van der Waals surface area contributed by atoms with Gasteiger partial charge in [0.05, 0.1) is 14.2 Å². The number of hydrogen-bond acceptors (Lipinski definition) is 4. The number of allylic oxidation sites excluding steroid dienone is 1. The SMILES string of the molecule is COc1cccc(C2=CC(N[C@@H](C)c3cccc(OC)c3)=CC(C)O2)c1. The van der Waals surface area contributed by atoms with Crippen molar-refractivity contribution in [2.24, 2.45) is 0 Å². The Morgan fingerprint density at radius 3 is 2.42 bits per heavy atom. The van der Waals surface area contributed by atoms with E-state index in [0.717, 1.165) is 28.5 Å². The second kappa shape index (κ2) is 8.00. The summed E-state index contributed by atoms with van der Waals surface area (Å²) < 4.78 is 16.6. The zero-order valence-corrected chi connectivity index (χ0v) is 15.7. The molecule has 3 rings (SSSR count). The summed E-state index contributed by atoms with van der Waals surface area (Å²) in [6.07, 6.45) is 4.10. The van der Waals surface area contributed by atoms with Gasteiger partial charge >= 0.3 is 0 Å². The molecule has 2 aromatic carbocycles. The fourth-order valence-electron chi connectivity index (χ4n) is 2.97. The summed E-state index contributed by atoms with van der Waals surface area (Å²) >= 11 is 0. The van der Waals surface area contributed by atoms with Crippen LogP contribution in [0.4, 0.5) is 0 Å². The highest BCUT2D eigenvalue weighted by Gasteiger charge is 2.16. The van der Waals surface area contributed by atoms with Crippen LogP contribution in [-0.2, 0) is 4.74 Å². The van der Waals surface area contributed by atoms with Crippen molar-refractivity contribution in [2.45, 2.75) is 26.0 Å². The molecule has 26 heavy (non-hydrogen) atoms. The lowest BCUT2D eigenvalue weighted by atomic mass is 10.1. The third-order valence-corrected chi connectivity index (χ3v) is 4.34. The molecule has 1 aliphatic heterocycles. The monoisotopic (exact) mass is 351 g/mol. The van der Waals surface area contributed by atoms with Gasteiger partial charge in [0.15, 0.2) is 0 Å². The van der Waals surface area contributed by atoms with Gasteiger partial charge in [-0.2, -0.15) is 0 Å². The van der Waals surface area contributed by atoms with Gasteiger partial charge in [-0.15, -0.1) is 0 Å². The number of nitrogens with one attached hydrogen (secondary N) is 1. The molecule has 2 atom stereocenters. The highest BCUT2D eigenvalue weighted by atomic mass is 16.5. The maximum atomic E-state index is 6.00. The highest BCUT2D eigenvalue weighted by molar-refractivity contribution is 5.65. The molecule has 1 N–H and O–H groups in total. The van der Waals surface area contributed by atoms with Crippen molar-refractivity contribution in [1.82, 2.24) is 5.32 Å². The molecule has 4 heteroatoms. The zero-order valence-electron chi connectivity index (χ0n) is 15.7. The van der Waals surface area contributed by atoms with Crippen molar-refractivity contribution in [3.63, 3.8) is 0 Å². The molecule has 1 unspecified atom stereocenters. The largest absolute Gasteiger partial charge is 0.497 e. The topological polar surface area (TPSA) is 39.7 Å². The van der Waals surface area contributed by atoms with E-state index in [1.807, 2.05) is 55.5 Å². The van der Waals surface area contributed by atoms with Gasteiger partial charge in [0.2, 0.25) is 0 Å². The third-order valence-electron chi connectivity index (χ3n) is 4.34. The molecule has 136 valence electrons. The van der Waals surface area contributed by atoms with Crippen LogP contribution in [0, 0.1) is 0 Å². The Morgan fingerprint density at radius 1 is 1.00 bits per heavy atom. The van der Waals surface area contributed by atoms with Gasteiger partial charge in [0.25, 0.3) is 0 Å². The first-order valence-corrected chi connectivity index (χ1v) is 8.74. The summed E-state index contributed by atoms with van der Waals surface area (Å²) in [7, 11) is 3.35. The van der Waals surface area contributed by atoms with E-state index in [1.54, 1.807) is 14.2 Å². The van der Waals surface area contributed by atoms with Gasteiger partial charge in [-0.25, -0.2) is 0 Å². The van der Waals surface area contributed by atoms with Gasteiger partial charge in [-0.05, 0) is 49.8 Å². The third kappa shape index (κ3) is 4.20. The predicted molar refractivity (Wildman–Crippen MR) is 104 cm³/mol. The zero-order chi connectivity index (χ0) is 18.5. The molecule has 0 amide bonds. The van der Waals surface area contributed by atoms with Gasteiger partial charge in [-0.1, -0.05) is 24.3 Å². The molecular weight excluding hydrogens is 326 g/mol. The van der Waals surface area contributed by atoms with E-state index in [1.165, 1.54) is 5.56 Å². The molecule has 0 spiro atoms. The normalized spacial score (nSPS) is 17.5. The van der Waals surface area contributed by atoms with Crippen LogP contribution in [0.2, 0.25) is 0 Å². The van der Waals surface area contributed by atoms with E-state index in [0.29, 0.717) is 0 Å². The van der Waals surface area contributed by atoms with Crippen LogP contribution in [0.1, 0.15) is 31.0 Å². The lowest BCUT2D eigenvalue weighted by Gasteiger charge is -2.24. The first-order valence-electron chi connectivity index (χ1n) is 8.74. The van der Waals surface area contributed by atoms with Crippen molar-refractivity contribution in [1.29, 1.82) is 0 Å². The summed E-state index contributed by atoms with van der Waals surface area (Å²) in [5.74, 6) is 2.51. The minimum atomic E-state index is -0.0128. The van der Waals surface area contributed by atoms with Crippen LogP contribution in [0.5, 0.6) is 11.5 Å². The van der Waals surface area contributed by atoms with Gasteiger partial charge in [-0.3, -0.25) is 0 Å². The van der Waals surface area contributed by atoms with Crippen LogP contribution in [0.15, 0.2) is 66.4 Å². The van der Waals surface area contributed by atoms with E-state index in [9.17, 15) is 0 Å². The lowest BCUT2D eigenvalue weighted by Crippen LogP contribution is -2.22. The quantitative estimate of drug-likeness (QED) is 0.819. The number of ether oxygens (including phenoxy) is 3. The van der Waals surface area contributed by atoms with Crippen LogP contribution in [0.3, 0.4) is 0 Å². The highest BCUT2D eigenvalue weighted by Crippen LogP contribution is 2.28. The maximum absolute atomic E-state index is 6.00. The van der Waals surface area contributed by atoms with Crippen molar-refractivity contribution < 1.29 is 14.2 Å². The Hall–Kier alpha value is -2.88. The molecule has 1 aliphatic rings. The molecule has 2 aromatic rings. The molecule has 1 heterocycles. The van der Waals surface area contributed by atoms with Crippen LogP contribution >= 0.6 is 0 Å². The molecule has 4 nitrogen and oxygen atoms in total. The van der Waals surface area contributed by atoms with Gasteiger partial charge in [0, 0.05) is 23.4 Å². The van der Waals surface area contributed by atoms with Crippen molar-refractivity contribution in [2.75, 3.05) is 14.2 Å². The first-order chi connectivity index (χ1) is 12.6. The number of hydrogen-bond donors (Lipinski definition) is 1. The fraction of sp³-hybridized carbons (Fsp3) is 0.273. The smallest absolute Gasteiger partial charge is 0.129 e. The summed E-state index contributed by atoms with van der Waals surface area (Å²) in [6, 6.07) is 16.1. The second-order valence-electron chi connectivity index (χ2n) is 6.33. The molecule has 0 fully saturated rings. The van der Waals surface area contributed by atoms with Crippen molar-refractivity contribution >= 4 is 5.76 Å². The van der Waals surface area contributed by atoms with E-state index >= 15 is 0 Å². The fourth-order valence-corrected chi connectivity index (χ4v) is 2.97. The molecule has 0 saturated carbocycles. The Balaban J connectivity index is 1.81. The molecule has 0 aromatic heterocycles. The second-order valence-corrected chi connectivity index (χ2v) is 6.33. The van der Waals surface area contributed by atoms with Crippen molar-refractivity contribution in [3.05, 3.63) is 77.5 Å². The number of benzene rings is 2. The average molecular weight is 351 g/mol. The lowest BCUT2D eigenvalue weighted by molar-refractivity contribution is 0.224. The number of rotatable bonds is 6. The minimum absolute atomic E-state index is 0.0128. The Labute approximate surface area is 155 Å². The molecule has 0 aliphatic carbocycles. The Morgan fingerprint density at radius 2 is 1.69 bits per heavy atom. The standard InChI is InChI=1S/C22H25NO3/c1-15-11-19(23-16(2)17-7-5-9-20(12-17)24-3)14-22(26-15)18-8-6-10-21(13-18)25-4/h5-16,23H,1-4H3/t15?,16-/m0/s1. The van der Waals surface area contributed by atoms with Crippen LogP contribution in [-0.4, -0.2) is 20.3 Å². The average Bonchev–Trinajstić information content (AvgIpc) is 2.67. The number of methoxy groups -OCH3 is 2. The summed E-state index contributed by atoms with van der Waals surface area (Å²) in [5.41, 5.74) is 3.20. The van der Waals surface area contributed by atoms with E-state index in [-0.39, 0.29) is 12.1 Å². The summed E-state index contributed by atoms with van der Waals surface area (Å²) in [6.45, 7) is 4.17. The summed E-state index contributed by atoms with van der Waals surface area (Å²) in [5, 5.41) is 3.56. The molecular formula is C22H25NO3.